The number of carbonyl (C=O) groups is 2. The molecule has 0 aromatic heterocycles. The predicted octanol–water partition coefficient (Wildman–Crippen LogP) is 1.63. The average Bonchev–Trinajstić information content (AvgIpc) is 2.89. The van der Waals surface area contributed by atoms with Gasteiger partial charge in [-0.2, -0.15) is 0 Å². The van der Waals surface area contributed by atoms with Crippen molar-refractivity contribution in [3.05, 3.63) is 29.6 Å². The molecule has 0 bridgehead atoms. The molecular weight excluding hydrogens is 285 g/mol. The minimum atomic E-state index is -0.448. The molecule has 22 heavy (non-hydrogen) atoms. The third-order valence-corrected chi connectivity index (χ3v) is 3.83. The molecule has 1 aromatic rings. The summed E-state index contributed by atoms with van der Waals surface area (Å²) in [6.07, 6.45) is 1.64. The molecule has 1 aliphatic heterocycles. The summed E-state index contributed by atoms with van der Waals surface area (Å²) in [6, 6.07) is 4.41. The van der Waals surface area contributed by atoms with E-state index in [4.69, 9.17) is 0 Å². The first kappa shape index (κ1) is 16.4. The molecule has 5 nitrogen and oxygen atoms in total. The van der Waals surface area contributed by atoms with Crippen LogP contribution in [-0.2, 0) is 9.59 Å². The van der Waals surface area contributed by atoms with E-state index in [2.05, 4.69) is 5.32 Å². The van der Waals surface area contributed by atoms with Gasteiger partial charge >= 0.3 is 0 Å². The largest absolute Gasteiger partial charge is 0.347 e. The van der Waals surface area contributed by atoms with Gasteiger partial charge in [-0.05, 0) is 44.0 Å². The predicted molar refractivity (Wildman–Crippen MR) is 83.1 cm³/mol. The molecule has 1 aromatic carbocycles. The fraction of sp³-hybridized carbons (Fsp3) is 0.500. The van der Waals surface area contributed by atoms with Crippen LogP contribution in [0.3, 0.4) is 0 Å². The van der Waals surface area contributed by atoms with Crippen LogP contribution in [0, 0.1) is 12.7 Å². The first-order valence-corrected chi connectivity index (χ1v) is 7.39. The van der Waals surface area contributed by atoms with E-state index in [0.29, 0.717) is 6.54 Å². The minimum Gasteiger partial charge on any atom is -0.347 e. The van der Waals surface area contributed by atoms with Gasteiger partial charge in [-0.25, -0.2) is 4.39 Å². The fourth-order valence-corrected chi connectivity index (χ4v) is 2.69. The lowest BCUT2D eigenvalue weighted by molar-refractivity contribution is -0.133. The van der Waals surface area contributed by atoms with Crippen LogP contribution in [0.5, 0.6) is 0 Å². The monoisotopic (exact) mass is 307 g/mol. The summed E-state index contributed by atoms with van der Waals surface area (Å²) < 4.78 is 13.7. The molecule has 6 heteroatoms. The Labute approximate surface area is 130 Å². The maximum absolute atomic E-state index is 13.7. The number of rotatable bonds is 4. The van der Waals surface area contributed by atoms with Crippen molar-refractivity contribution < 1.29 is 14.0 Å². The second-order valence-electron chi connectivity index (χ2n) is 5.89. The number of nitrogens with zero attached hydrogens (tertiary/aromatic N) is 2. The van der Waals surface area contributed by atoms with Crippen molar-refractivity contribution in [3.8, 4) is 0 Å². The van der Waals surface area contributed by atoms with E-state index in [1.54, 1.807) is 38.1 Å². The van der Waals surface area contributed by atoms with Gasteiger partial charge in [0.1, 0.15) is 5.82 Å². The maximum Gasteiger partial charge on any atom is 0.239 e. The Morgan fingerprint density at radius 2 is 2.14 bits per heavy atom. The highest BCUT2D eigenvalue weighted by molar-refractivity contribution is 5.93. The molecule has 0 unspecified atom stereocenters. The summed E-state index contributed by atoms with van der Waals surface area (Å²) in [7, 11) is 3.42. The van der Waals surface area contributed by atoms with E-state index in [1.165, 1.54) is 6.07 Å². The zero-order chi connectivity index (χ0) is 16.3. The number of hydrogen-bond acceptors (Lipinski definition) is 3. The van der Waals surface area contributed by atoms with Crippen molar-refractivity contribution in [1.29, 1.82) is 0 Å². The first-order chi connectivity index (χ1) is 10.4. The summed E-state index contributed by atoms with van der Waals surface area (Å²) in [4.78, 5) is 27.6. The van der Waals surface area contributed by atoms with Crippen LogP contribution >= 0.6 is 0 Å². The Bertz CT molecular complexity index is 575. The van der Waals surface area contributed by atoms with Crippen LogP contribution in [0.15, 0.2) is 18.2 Å². The molecule has 2 rings (SSSR count). The van der Waals surface area contributed by atoms with Gasteiger partial charge in [-0.3, -0.25) is 14.5 Å². The van der Waals surface area contributed by atoms with Gasteiger partial charge in [0.05, 0.1) is 18.3 Å². The third-order valence-electron chi connectivity index (χ3n) is 3.83. The lowest BCUT2D eigenvalue weighted by Crippen LogP contribution is -2.45. The number of benzene rings is 1. The molecule has 1 heterocycles. The second-order valence-corrected chi connectivity index (χ2v) is 5.89. The van der Waals surface area contributed by atoms with Crippen LogP contribution < -0.4 is 5.32 Å². The summed E-state index contributed by atoms with van der Waals surface area (Å²) in [5, 5.41) is 2.57. The van der Waals surface area contributed by atoms with Crippen molar-refractivity contribution in [2.75, 3.05) is 32.5 Å². The Morgan fingerprint density at radius 3 is 2.77 bits per heavy atom. The summed E-state index contributed by atoms with van der Waals surface area (Å²) in [5.74, 6) is -0.747. The summed E-state index contributed by atoms with van der Waals surface area (Å²) in [6.45, 7) is 2.59. The second kappa shape index (κ2) is 6.87. The number of carbonyl (C=O) groups excluding carboxylic acids is 2. The number of anilines is 1. The molecule has 1 atom stereocenters. The number of halogens is 1. The molecule has 2 amide bonds. The highest BCUT2D eigenvalue weighted by Crippen LogP contribution is 2.19. The van der Waals surface area contributed by atoms with Gasteiger partial charge in [0.25, 0.3) is 0 Å². The lowest BCUT2D eigenvalue weighted by atomic mass is 10.2. The molecule has 1 fully saturated rings. The SMILES string of the molecule is Cc1ccc(NC(=O)CN2CCC[C@@H]2C(=O)N(C)C)c(F)c1. The molecule has 0 saturated carbocycles. The highest BCUT2D eigenvalue weighted by Gasteiger charge is 2.32. The van der Waals surface area contributed by atoms with Crippen LogP contribution in [0.2, 0.25) is 0 Å². The minimum absolute atomic E-state index is 0.00631. The molecular formula is C16H22FN3O2. The zero-order valence-corrected chi connectivity index (χ0v) is 13.2. The van der Waals surface area contributed by atoms with Gasteiger partial charge in [0.15, 0.2) is 0 Å². The number of amides is 2. The van der Waals surface area contributed by atoms with E-state index in [-0.39, 0.29) is 30.1 Å². The van der Waals surface area contributed by atoms with Crippen LogP contribution in [-0.4, -0.2) is 54.8 Å². The van der Waals surface area contributed by atoms with Gasteiger partial charge in [-0.15, -0.1) is 0 Å². The molecule has 1 aliphatic rings. The first-order valence-electron chi connectivity index (χ1n) is 7.39. The number of likely N-dealkylation sites (tertiary alicyclic amines) is 1. The van der Waals surface area contributed by atoms with Crippen LogP contribution in [0.4, 0.5) is 10.1 Å². The normalized spacial score (nSPS) is 18.3. The Morgan fingerprint density at radius 1 is 1.41 bits per heavy atom. The van der Waals surface area contributed by atoms with Crippen molar-refractivity contribution in [3.63, 3.8) is 0 Å². The topological polar surface area (TPSA) is 52.7 Å². The van der Waals surface area contributed by atoms with Gasteiger partial charge in [0, 0.05) is 14.1 Å². The quantitative estimate of drug-likeness (QED) is 0.920. The third kappa shape index (κ3) is 3.82. The summed E-state index contributed by atoms with van der Waals surface area (Å²) in [5.41, 5.74) is 0.969. The molecule has 0 radical (unpaired) electrons. The highest BCUT2D eigenvalue weighted by atomic mass is 19.1. The zero-order valence-electron chi connectivity index (χ0n) is 13.2. The van der Waals surface area contributed by atoms with Gasteiger partial charge in [-0.1, -0.05) is 6.07 Å². The van der Waals surface area contributed by atoms with Crippen molar-refractivity contribution in [2.45, 2.75) is 25.8 Å². The van der Waals surface area contributed by atoms with Crippen LogP contribution in [0.25, 0.3) is 0 Å². The van der Waals surface area contributed by atoms with Crippen molar-refractivity contribution >= 4 is 17.5 Å². The van der Waals surface area contributed by atoms with E-state index in [0.717, 1.165) is 18.4 Å². The van der Waals surface area contributed by atoms with Crippen molar-refractivity contribution in [1.82, 2.24) is 9.80 Å². The van der Waals surface area contributed by atoms with E-state index >= 15 is 0 Å². The van der Waals surface area contributed by atoms with Gasteiger partial charge < -0.3 is 10.2 Å². The van der Waals surface area contributed by atoms with E-state index in [1.807, 2.05) is 4.90 Å². The number of aryl methyl sites for hydroxylation is 1. The van der Waals surface area contributed by atoms with Crippen LogP contribution in [0.1, 0.15) is 18.4 Å². The standard InChI is InChI=1S/C16H22FN3O2/c1-11-6-7-13(12(17)9-11)18-15(21)10-20-8-4-5-14(20)16(22)19(2)3/h6-7,9,14H,4-5,8,10H2,1-3H3,(H,18,21)/t14-/m1/s1. The smallest absolute Gasteiger partial charge is 0.239 e. The Balaban J connectivity index is 1.98. The van der Waals surface area contributed by atoms with E-state index in [9.17, 15) is 14.0 Å². The van der Waals surface area contributed by atoms with E-state index < -0.39 is 5.82 Å². The Kier molecular flexibility index (Phi) is 5.13. The Hall–Kier alpha value is -1.95. The fourth-order valence-electron chi connectivity index (χ4n) is 2.69. The summed E-state index contributed by atoms with van der Waals surface area (Å²) >= 11 is 0. The van der Waals surface area contributed by atoms with Crippen molar-refractivity contribution in [2.24, 2.45) is 0 Å². The molecule has 0 spiro atoms. The molecule has 1 saturated heterocycles. The lowest BCUT2D eigenvalue weighted by Gasteiger charge is -2.25. The van der Waals surface area contributed by atoms with Gasteiger partial charge in [0.2, 0.25) is 11.8 Å². The molecule has 120 valence electrons. The number of likely N-dealkylation sites (N-methyl/N-ethyl adjacent to an activating group) is 1. The molecule has 0 aliphatic carbocycles. The molecule has 1 N–H and O–H groups in total. The average molecular weight is 307 g/mol. The number of hydrogen-bond donors (Lipinski definition) is 1. The maximum atomic E-state index is 13.7. The number of nitrogens with one attached hydrogen (secondary N) is 1.